The molecule has 2 atom stereocenters. The van der Waals surface area contributed by atoms with Gasteiger partial charge in [0.15, 0.2) is 0 Å². The van der Waals surface area contributed by atoms with Crippen LogP contribution in [0.25, 0.3) is 0 Å². The summed E-state index contributed by atoms with van der Waals surface area (Å²) in [6, 6.07) is 5.36. The molecule has 0 radical (unpaired) electrons. The first-order chi connectivity index (χ1) is 11.6. The lowest BCUT2D eigenvalue weighted by atomic mass is 10.2. The van der Waals surface area contributed by atoms with Gasteiger partial charge in [-0.2, -0.15) is 5.53 Å². The highest BCUT2D eigenvalue weighted by molar-refractivity contribution is 7.97. The number of rotatable bonds is 3. The number of fused-ring (bicyclic) bond motifs is 2. The third-order valence-electron chi connectivity index (χ3n) is 4.54. The van der Waals surface area contributed by atoms with Crippen LogP contribution in [0.15, 0.2) is 35.0 Å². The highest BCUT2D eigenvalue weighted by Crippen LogP contribution is 2.41. The monoisotopic (exact) mass is 369 g/mol. The summed E-state index contributed by atoms with van der Waals surface area (Å²) >= 11 is 7.58. The van der Waals surface area contributed by atoms with Gasteiger partial charge in [-0.3, -0.25) is 10.2 Å². The van der Waals surface area contributed by atoms with Crippen LogP contribution in [-0.2, 0) is 4.79 Å². The predicted octanol–water partition coefficient (Wildman–Crippen LogP) is 1.62. The minimum atomic E-state index is -0.401. The number of hydrazine groups is 2. The molecule has 1 aromatic rings. The van der Waals surface area contributed by atoms with Crippen molar-refractivity contribution < 1.29 is 9.18 Å². The molecule has 0 aromatic heterocycles. The minimum Gasteiger partial charge on any atom is -0.334 e. The van der Waals surface area contributed by atoms with Crippen LogP contribution in [0.3, 0.4) is 0 Å². The summed E-state index contributed by atoms with van der Waals surface area (Å²) < 4.78 is 15.9. The number of hydrogen-bond acceptors (Lipinski definition) is 6. The van der Waals surface area contributed by atoms with E-state index >= 15 is 0 Å². The first kappa shape index (κ1) is 16.0. The summed E-state index contributed by atoms with van der Waals surface area (Å²) in [6.07, 6.45) is 3.67. The van der Waals surface area contributed by atoms with Crippen molar-refractivity contribution in [3.8, 4) is 0 Å². The molecule has 0 aliphatic carbocycles. The third kappa shape index (κ3) is 2.83. The first-order valence-corrected chi connectivity index (χ1v) is 8.95. The van der Waals surface area contributed by atoms with Crippen molar-refractivity contribution in [3.05, 3.63) is 40.9 Å². The lowest BCUT2D eigenvalue weighted by Gasteiger charge is -2.40. The average Bonchev–Trinajstić information content (AvgIpc) is 3.18. The van der Waals surface area contributed by atoms with Crippen LogP contribution >= 0.6 is 23.5 Å². The van der Waals surface area contributed by atoms with Gasteiger partial charge < -0.3 is 10.3 Å². The maximum Gasteiger partial charge on any atom is 0.273 e. The number of carbonyl (C=O) groups is 1. The molecular weight excluding hydrogens is 353 g/mol. The van der Waals surface area contributed by atoms with Gasteiger partial charge in [-0.25, -0.2) is 8.70 Å². The van der Waals surface area contributed by atoms with E-state index in [1.807, 2.05) is 11.0 Å². The molecule has 24 heavy (non-hydrogen) atoms. The van der Waals surface area contributed by atoms with Crippen LogP contribution in [0, 0.1) is 5.82 Å². The van der Waals surface area contributed by atoms with Crippen LogP contribution in [0.1, 0.15) is 12.8 Å². The summed E-state index contributed by atoms with van der Waals surface area (Å²) in [4.78, 5) is 15.1. The Balaban J connectivity index is 1.47. The number of nitrogens with zero attached hydrogens (tertiary/aromatic N) is 2. The molecule has 1 aromatic carbocycles. The molecule has 6 nitrogen and oxygen atoms in total. The van der Waals surface area contributed by atoms with Gasteiger partial charge in [-0.05, 0) is 36.9 Å². The van der Waals surface area contributed by atoms with Gasteiger partial charge in [0, 0.05) is 36.3 Å². The number of amides is 1. The zero-order valence-electron chi connectivity index (χ0n) is 12.8. The van der Waals surface area contributed by atoms with Crippen molar-refractivity contribution >= 4 is 29.5 Å². The number of piperazine rings is 1. The number of hydrogen-bond donors (Lipinski definition) is 3. The van der Waals surface area contributed by atoms with Gasteiger partial charge in [0.25, 0.3) is 5.91 Å². The van der Waals surface area contributed by atoms with E-state index in [1.165, 1.54) is 18.0 Å². The van der Waals surface area contributed by atoms with E-state index in [4.69, 9.17) is 11.6 Å². The van der Waals surface area contributed by atoms with E-state index in [2.05, 4.69) is 20.7 Å². The molecule has 2 saturated heterocycles. The van der Waals surface area contributed by atoms with Crippen LogP contribution in [0.2, 0.25) is 5.02 Å². The van der Waals surface area contributed by atoms with Gasteiger partial charge in [0.2, 0.25) is 0 Å². The molecule has 2 fully saturated rings. The van der Waals surface area contributed by atoms with E-state index < -0.39 is 5.82 Å². The lowest BCUT2D eigenvalue weighted by molar-refractivity contribution is -0.129. The molecule has 1 amide bonds. The fourth-order valence-corrected chi connectivity index (χ4v) is 4.80. The minimum absolute atomic E-state index is 0.0159. The fraction of sp³-hybridized carbons (Fsp3) is 0.400. The van der Waals surface area contributed by atoms with E-state index in [0.29, 0.717) is 18.8 Å². The molecular formula is C15H17ClFN5OS. The summed E-state index contributed by atoms with van der Waals surface area (Å²) in [5, 5.41) is 0.165. The van der Waals surface area contributed by atoms with Crippen molar-refractivity contribution in [1.29, 1.82) is 0 Å². The fourth-order valence-electron chi connectivity index (χ4n) is 3.38. The molecule has 3 heterocycles. The third-order valence-corrected chi connectivity index (χ3v) is 6.38. The molecule has 2 bridgehead atoms. The summed E-state index contributed by atoms with van der Waals surface area (Å²) in [7, 11) is 0. The summed E-state index contributed by atoms with van der Waals surface area (Å²) in [5.74, 6) is -0.417. The highest BCUT2D eigenvalue weighted by Gasteiger charge is 2.42. The Morgan fingerprint density at radius 3 is 2.71 bits per heavy atom. The number of likely N-dealkylation sites (tertiary alicyclic amines) is 1. The Morgan fingerprint density at radius 1 is 1.29 bits per heavy atom. The second-order valence-electron chi connectivity index (χ2n) is 6.05. The lowest BCUT2D eigenvalue weighted by Crippen LogP contribution is -2.53. The quantitative estimate of drug-likeness (QED) is 0.704. The summed E-state index contributed by atoms with van der Waals surface area (Å²) in [6.45, 7) is 1.32. The zero-order chi connectivity index (χ0) is 16.7. The Labute approximate surface area is 148 Å². The molecule has 0 spiro atoms. The van der Waals surface area contributed by atoms with Gasteiger partial charge in [0.1, 0.15) is 11.5 Å². The second kappa shape index (κ2) is 6.44. The Kier molecular flexibility index (Phi) is 4.29. The maximum atomic E-state index is 13.6. The molecule has 3 aliphatic heterocycles. The van der Waals surface area contributed by atoms with Crippen LogP contribution in [0.5, 0.6) is 0 Å². The van der Waals surface area contributed by atoms with Crippen LogP contribution in [0.4, 0.5) is 4.39 Å². The topological polar surface area (TPSA) is 59.6 Å². The van der Waals surface area contributed by atoms with Gasteiger partial charge in [-0.15, -0.1) is 0 Å². The molecule has 2 unspecified atom stereocenters. The van der Waals surface area contributed by atoms with Crippen molar-refractivity contribution in [2.24, 2.45) is 0 Å². The molecule has 3 N–H and O–H groups in total. The highest BCUT2D eigenvalue weighted by atomic mass is 35.5. The molecule has 3 aliphatic rings. The van der Waals surface area contributed by atoms with Crippen LogP contribution < -0.4 is 16.4 Å². The largest absolute Gasteiger partial charge is 0.334 e. The number of benzene rings is 1. The first-order valence-electron chi connectivity index (χ1n) is 7.80. The Bertz CT molecular complexity index is 688. The van der Waals surface area contributed by atoms with Gasteiger partial charge in [-0.1, -0.05) is 17.7 Å². The smallest absolute Gasteiger partial charge is 0.273 e. The zero-order valence-corrected chi connectivity index (χ0v) is 14.3. The standard InChI is InChI=1S/C15H17ClFN5OS/c16-14-11(17)2-1-3-13(14)24-22-9-4-5-10(22)8-21(7-9)15(23)12-6-18-20-19-12/h1-3,6,9-10,18-20H,4-5,7-8H2. The van der Waals surface area contributed by atoms with E-state index in [9.17, 15) is 9.18 Å². The van der Waals surface area contributed by atoms with Gasteiger partial charge >= 0.3 is 0 Å². The number of nitrogens with one attached hydrogen (secondary N) is 3. The predicted molar refractivity (Wildman–Crippen MR) is 90.0 cm³/mol. The van der Waals surface area contributed by atoms with Crippen molar-refractivity contribution in [3.63, 3.8) is 0 Å². The second-order valence-corrected chi connectivity index (χ2v) is 7.47. The van der Waals surface area contributed by atoms with E-state index in [1.54, 1.807) is 12.3 Å². The Hall–Kier alpha value is -1.48. The Morgan fingerprint density at radius 2 is 2.04 bits per heavy atom. The molecule has 4 rings (SSSR count). The normalized spacial score (nSPS) is 26.1. The van der Waals surface area contributed by atoms with Crippen LogP contribution in [-0.4, -0.2) is 40.3 Å². The van der Waals surface area contributed by atoms with Crippen molar-refractivity contribution in [2.75, 3.05) is 13.1 Å². The van der Waals surface area contributed by atoms with Gasteiger partial charge in [0.05, 0.1) is 5.02 Å². The van der Waals surface area contributed by atoms with E-state index in [-0.39, 0.29) is 23.0 Å². The number of carbonyl (C=O) groups excluding carboxylic acids is 1. The van der Waals surface area contributed by atoms with E-state index in [0.717, 1.165) is 17.7 Å². The maximum absolute atomic E-state index is 13.6. The van der Waals surface area contributed by atoms with Crippen molar-refractivity contribution in [2.45, 2.75) is 29.8 Å². The summed E-state index contributed by atoms with van der Waals surface area (Å²) in [5.41, 5.74) is 8.74. The number of halogens is 2. The molecule has 0 saturated carbocycles. The molecule has 128 valence electrons. The average molecular weight is 370 g/mol. The molecule has 9 heteroatoms. The van der Waals surface area contributed by atoms with Crippen molar-refractivity contribution in [1.82, 2.24) is 25.6 Å². The SMILES string of the molecule is O=C(C1=CNNN1)N1CC2CCC(C1)N2Sc1cccc(F)c1Cl.